The molecule has 4 nitrogen and oxygen atoms in total. The largest absolute Gasteiger partial charge is 0.398 e. The van der Waals surface area contributed by atoms with Gasteiger partial charge in [0, 0.05) is 20.7 Å². The number of nitrogens with one attached hydrogen (secondary N) is 1. The number of benzene rings is 2. The van der Waals surface area contributed by atoms with Crippen LogP contribution in [0.25, 0.3) is 0 Å². The maximum atomic E-state index is 11.9. The third-order valence-corrected chi connectivity index (χ3v) is 4.17. The molecule has 0 heterocycles. The zero-order valence-corrected chi connectivity index (χ0v) is 13.4. The van der Waals surface area contributed by atoms with E-state index in [1.165, 1.54) is 11.8 Å². The highest BCUT2D eigenvalue weighted by atomic mass is 79.9. The molecule has 0 fully saturated rings. The summed E-state index contributed by atoms with van der Waals surface area (Å²) in [6.07, 6.45) is 0. The van der Waals surface area contributed by atoms with Gasteiger partial charge in [0.1, 0.15) is 0 Å². The molecular formula is C15H12BrN3OS. The molecule has 0 aliphatic carbocycles. The predicted octanol–water partition coefficient (Wildman–Crippen LogP) is 3.63. The third kappa shape index (κ3) is 4.52. The molecule has 106 valence electrons. The standard InChI is InChI=1S/C15H12BrN3OS/c16-11-4-5-13(18)14(7-11)21-9-15(20)19-12-3-1-2-10(6-12)8-17/h1-7H,9,18H2,(H,19,20). The van der Waals surface area contributed by atoms with E-state index in [2.05, 4.69) is 21.2 Å². The summed E-state index contributed by atoms with van der Waals surface area (Å²) in [5.74, 6) is 0.103. The molecule has 0 saturated carbocycles. The molecule has 0 aliphatic heterocycles. The van der Waals surface area contributed by atoms with Crippen LogP contribution < -0.4 is 11.1 Å². The van der Waals surface area contributed by atoms with Gasteiger partial charge in [-0.15, -0.1) is 11.8 Å². The fourth-order valence-corrected chi connectivity index (χ4v) is 2.96. The molecule has 0 aromatic heterocycles. The molecule has 2 aromatic carbocycles. The minimum absolute atomic E-state index is 0.144. The zero-order chi connectivity index (χ0) is 15.2. The van der Waals surface area contributed by atoms with Crippen LogP contribution in [0.4, 0.5) is 11.4 Å². The number of amides is 1. The number of hydrogen-bond donors (Lipinski definition) is 2. The second kappa shape index (κ2) is 7.16. The molecule has 2 aromatic rings. The van der Waals surface area contributed by atoms with Crippen molar-refractivity contribution in [2.24, 2.45) is 0 Å². The molecule has 0 unspecified atom stereocenters. The van der Waals surface area contributed by atoms with E-state index in [0.717, 1.165) is 9.37 Å². The Kier molecular flexibility index (Phi) is 5.26. The smallest absolute Gasteiger partial charge is 0.234 e. The van der Waals surface area contributed by atoms with Crippen molar-refractivity contribution in [2.75, 3.05) is 16.8 Å². The highest BCUT2D eigenvalue weighted by molar-refractivity contribution is 9.10. The van der Waals surface area contributed by atoms with Crippen molar-refractivity contribution in [3.05, 3.63) is 52.5 Å². The van der Waals surface area contributed by atoms with E-state index >= 15 is 0 Å². The van der Waals surface area contributed by atoms with E-state index < -0.39 is 0 Å². The van der Waals surface area contributed by atoms with Crippen LogP contribution in [0.5, 0.6) is 0 Å². The first kappa shape index (κ1) is 15.4. The topological polar surface area (TPSA) is 78.9 Å². The van der Waals surface area contributed by atoms with E-state index in [4.69, 9.17) is 11.0 Å². The number of anilines is 2. The Morgan fingerprint density at radius 3 is 2.90 bits per heavy atom. The summed E-state index contributed by atoms with van der Waals surface area (Å²) in [5, 5.41) is 11.6. The summed E-state index contributed by atoms with van der Waals surface area (Å²) in [4.78, 5) is 12.8. The molecule has 0 bridgehead atoms. The summed E-state index contributed by atoms with van der Waals surface area (Å²) < 4.78 is 0.918. The Balaban J connectivity index is 1.96. The summed E-state index contributed by atoms with van der Waals surface area (Å²) >= 11 is 4.74. The molecular weight excluding hydrogens is 350 g/mol. The zero-order valence-electron chi connectivity index (χ0n) is 11.0. The fourth-order valence-electron chi connectivity index (χ4n) is 1.64. The van der Waals surface area contributed by atoms with Crippen LogP contribution in [0, 0.1) is 11.3 Å². The number of thioether (sulfide) groups is 1. The van der Waals surface area contributed by atoms with Gasteiger partial charge in [-0.1, -0.05) is 22.0 Å². The third-order valence-electron chi connectivity index (χ3n) is 2.61. The normalized spacial score (nSPS) is 9.90. The number of carbonyl (C=O) groups is 1. The van der Waals surface area contributed by atoms with Gasteiger partial charge in [-0.3, -0.25) is 4.79 Å². The monoisotopic (exact) mass is 361 g/mol. The molecule has 0 spiro atoms. The molecule has 21 heavy (non-hydrogen) atoms. The average Bonchev–Trinajstić information content (AvgIpc) is 2.48. The SMILES string of the molecule is N#Cc1cccc(NC(=O)CSc2cc(Br)ccc2N)c1. The van der Waals surface area contributed by atoms with E-state index in [1.54, 1.807) is 30.3 Å². The van der Waals surface area contributed by atoms with Crippen LogP contribution in [0.15, 0.2) is 51.8 Å². The maximum absolute atomic E-state index is 11.9. The van der Waals surface area contributed by atoms with Gasteiger partial charge in [-0.05, 0) is 36.4 Å². The predicted molar refractivity (Wildman–Crippen MR) is 89.1 cm³/mol. The van der Waals surface area contributed by atoms with Gasteiger partial charge in [-0.25, -0.2) is 0 Å². The minimum atomic E-state index is -0.144. The summed E-state index contributed by atoms with van der Waals surface area (Å²) in [6, 6.07) is 14.4. The molecule has 0 radical (unpaired) electrons. The Morgan fingerprint density at radius 1 is 1.33 bits per heavy atom. The average molecular weight is 362 g/mol. The molecule has 3 N–H and O–H groups in total. The summed E-state index contributed by atoms with van der Waals surface area (Å²) in [7, 11) is 0. The molecule has 6 heteroatoms. The summed E-state index contributed by atoms with van der Waals surface area (Å²) in [5.41, 5.74) is 7.62. The van der Waals surface area contributed by atoms with Crippen LogP contribution in [0.1, 0.15) is 5.56 Å². The lowest BCUT2D eigenvalue weighted by Gasteiger charge is -2.07. The van der Waals surface area contributed by atoms with Crippen LogP contribution in [0.3, 0.4) is 0 Å². The Morgan fingerprint density at radius 2 is 2.14 bits per heavy atom. The lowest BCUT2D eigenvalue weighted by atomic mass is 10.2. The number of nitrogens with two attached hydrogens (primary N) is 1. The molecule has 0 atom stereocenters. The lowest BCUT2D eigenvalue weighted by Crippen LogP contribution is -2.14. The van der Waals surface area contributed by atoms with Gasteiger partial charge in [0.2, 0.25) is 5.91 Å². The Labute approximate surface area is 135 Å². The Bertz CT molecular complexity index is 712. The number of nitriles is 1. The van der Waals surface area contributed by atoms with E-state index in [1.807, 2.05) is 18.2 Å². The lowest BCUT2D eigenvalue weighted by molar-refractivity contribution is -0.113. The van der Waals surface area contributed by atoms with Crippen LogP contribution in [-0.4, -0.2) is 11.7 Å². The Hall–Kier alpha value is -1.97. The number of carbonyl (C=O) groups excluding carboxylic acids is 1. The first-order valence-electron chi connectivity index (χ1n) is 6.06. The number of hydrogen-bond acceptors (Lipinski definition) is 4. The van der Waals surface area contributed by atoms with Crippen molar-refractivity contribution in [3.63, 3.8) is 0 Å². The second-order valence-corrected chi connectivity index (χ2v) is 6.14. The number of rotatable bonds is 4. The van der Waals surface area contributed by atoms with Gasteiger partial charge in [0.25, 0.3) is 0 Å². The van der Waals surface area contributed by atoms with Gasteiger partial charge >= 0.3 is 0 Å². The molecule has 1 amide bonds. The highest BCUT2D eigenvalue weighted by Gasteiger charge is 2.07. The van der Waals surface area contributed by atoms with Crippen LogP contribution in [-0.2, 0) is 4.79 Å². The van der Waals surface area contributed by atoms with Crippen molar-refractivity contribution in [3.8, 4) is 6.07 Å². The minimum Gasteiger partial charge on any atom is -0.398 e. The van der Waals surface area contributed by atoms with E-state index in [-0.39, 0.29) is 11.7 Å². The highest BCUT2D eigenvalue weighted by Crippen LogP contribution is 2.28. The number of nitrogens with zero attached hydrogens (tertiary/aromatic N) is 1. The van der Waals surface area contributed by atoms with Gasteiger partial charge in [0.15, 0.2) is 0 Å². The van der Waals surface area contributed by atoms with Crippen molar-refractivity contribution in [1.82, 2.24) is 0 Å². The van der Waals surface area contributed by atoms with Gasteiger partial charge in [-0.2, -0.15) is 5.26 Å². The van der Waals surface area contributed by atoms with Crippen LogP contribution >= 0.6 is 27.7 Å². The first-order valence-corrected chi connectivity index (χ1v) is 7.84. The van der Waals surface area contributed by atoms with E-state index in [0.29, 0.717) is 16.9 Å². The van der Waals surface area contributed by atoms with Crippen molar-refractivity contribution >= 4 is 45.0 Å². The maximum Gasteiger partial charge on any atom is 0.234 e. The van der Waals surface area contributed by atoms with E-state index in [9.17, 15) is 4.79 Å². The molecule has 0 saturated heterocycles. The van der Waals surface area contributed by atoms with Crippen molar-refractivity contribution in [1.29, 1.82) is 5.26 Å². The van der Waals surface area contributed by atoms with Crippen LogP contribution in [0.2, 0.25) is 0 Å². The number of nitrogen functional groups attached to an aromatic ring is 1. The molecule has 2 rings (SSSR count). The van der Waals surface area contributed by atoms with Gasteiger partial charge in [0.05, 0.1) is 17.4 Å². The second-order valence-electron chi connectivity index (χ2n) is 4.21. The van der Waals surface area contributed by atoms with Crippen molar-refractivity contribution < 1.29 is 4.79 Å². The summed E-state index contributed by atoms with van der Waals surface area (Å²) in [6.45, 7) is 0. The molecule has 0 aliphatic rings. The first-order chi connectivity index (χ1) is 10.1. The van der Waals surface area contributed by atoms with Gasteiger partial charge < -0.3 is 11.1 Å². The van der Waals surface area contributed by atoms with Crippen molar-refractivity contribution in [2.45, 2.75) is 4.90 Å². The fraction of sp³-hybridized carbons (Fsp3) is 0.0667. The number of halogens is 1. The quantitative estimate of drug-likeness (QED) is 0.643.